The number of amides is 1. The van der Waals surface area contributed by atoms with Gasteiger partial charge < -0.3 is 21.1 Å². The van der Waals surface area contributed by atoms with Crippen LogP contribution in [0.3, 0.4) is 0 Å². The second-order valence-electron chi connectivity index (χ2n) is 7.15. The number of nitrogens with two attached hydrogens (primary N) is 1. The van der Waals surface area contributed by atoms with Crippen LogP contribution in [0.25, 0.3) is 11.3 Å². The number of piperazine rings is 1. The van der Waals surface area contributed by atoms with Crippen molar-refractivity contribution in [3.63, 3.8) is 0 Å². The minimum Gasteiger partial charge on any atom is -0.492 e. The highest BCUT2D eigenvalue weighted by Crippen LogP contribution is 2.22. The molecule has 9 nitrogen and oxygen atoms in total. The molecule has 0 atom stereocenters. The molecule has 2 aromatic heterocycles. The maximum absolute atomic E-state index is 12.6. The van der Waals surface area contributed by atoms with E-state index >= 15 is 0 Å². The van der Waals surface area contributed by atoms with Crippen LogP contribution in [-0.2, 0) is 0 Å². The van der Waals surface area contributed by atoms with Crippen molar-refractivity contribution < 1.29 is 9.53 Å². The number of carbonyl (C=O) groups is 1. The van der Waals surface area contributed by atoms with Crippen LogP contribution in [0, 0.1) is 0 Å². The van der Waals surface area contributed by atoms with E-state index in [4.69, 9.17) is 10.5 Å². The Hall–Kier alpha value is -3.56. The van der Waals surface area contributed by atoms with E-state index in [-0.39, 0.29) is 11.5 Å². The fourth-order valence-electron chi connectivity index (χ4n) is 3.28. The number of anilines is 2. The number of hydrogen-bond acceptors (Lipinski definition) is 8. The zero-order valence-corrected chi connectivity index (χ0v) is 17.1. The summed E-state index contributed by atoms with van der Waals surface area (Å²) in [5, 5.41) is 6.07. The monoisotopic (exact) mass is 419 g/mol. The number of aromatic nitrogens is 3. The van der Waals surface area contributed by atoms with E-state index in [9.17, 15) is 4.79 Å². The fourth-order valence-corrected chi connectivity index (χ4v) is 3.28. The zero-order valence-electron chi connectivity index (χ0n) is 17.1. The molecule has 0 spiro atoms. The molecule has 1 aliphatic heterocycles. The van der Waals surface area contributed by atoms with Crippen LogP contribution in [0.4, 0.5) is 11.5 Å². The molecule has 1 amide bonds. The Morgan fingerprint density at radius 3 is 2.71 bits per heavy atom. The molecule has 160 valence electrons. The Kier molecular flexibility index (Phi) is 6.65. The van der Waals surface area contributed by atoms with E-state index in [1.807, 2.05) is 24.3 Å². The third kappa shape index (κ3) is 5.53. The molecule has 0 aliphatic carbocycles. The van der Waals surface area contributed by atoms with Crippen molar-refractivity contribution in [2.45, 2.75) is 0 Å². The molecule has 0 unspecified atom stereocenters. The lowest BCUT2D eigenvalue weighted by atomic mass is 10.1. The van der Waals surface area contributed by atoms with Gasteiger partial charge >= 0.3 is 0 Å². The molecule has 1 fully saturated rings. The lowest BCUT2D eigenvalue weighted by Gasteiger charge is -2.26. The molecular weight excluding hydrogens is 394 g/mol. The van der Waals surface area contributed by atoms with Crippen molar-refractivity contribution in [3.05, 3.63) is 60.7 Å². The molecule has 3 heterocycles. The van der Waals surface area contributed by atoms with Crippen LogP contribution >= 0.6 is 0 Å². The van der Waals surface area contributed by atoms with Crippen molar-refractivity contribution in [1.29, 1.82) is 0 Å². The SMILES string of the molecule is Nc1ncc(-c2ccc(OCCN3CCNCC3)cc2)nc1C(=O)Nc1cccnc1. The van der Waals surface area contributed by atoms with Gasteiger partial charge in [-0.3, -0.25) is 14.7 Å². The van der Waals surface area contributed by atoms with Gasteiger partial charge in [0, 0.05) is 44.5 Å². The number of ether oxygens (including phenoxy) is 1. The van der Waals surface area contributed by atoms with Gasteiger partial charge in [-0.15, -0.1) is 0 Å². The first-order valence-electron chi connectivity index (χ1n) is 10.2. The summed E-state index contributed by atoms with van der Waals surface area (Å²) >= 11 is 0. The van der Waals surface area contributed by atoms with Crippen LogP contribution in [0.1, 0.15) is 10.5 Å². The number of benzene rings is 1. The second-order valence-corrected chi connectivity index (χ2v) is 7.15. The van der Waals surface area contributed by atoms with Crippen LogP contribution in [0.2, 0.25) is 0 Å². The van der Waals surface area contributed by atoms with E-state index in [2.05, 4.69) is 30.5 Å². The number of hydrogen-bond donors (Lipinski definition) is 3. The molecular formula is C22H25N7O2. The highest BCUT2D eigenvalue weighted by molar-refractivity contribution is 6.05. The summed E-state index contributed by atoms with van der Waals surface area (Å²) in [7, 11) is 0. The molecule has 31 heavy (non-hydrogen) atoms. The van der Waals surface area contributed by atoms with Crippen LogP contribution in [0.15, 0.2) is 55.0 Å². The van der Waals surface area contributed by atoms with Gasteiger partial charge in [0.2, 0.25) is 0 Å². The van der Waals surface area contributed by atoms with Gasteiger partial charge in [0.1, 0.15) is 12.4 Å². The summed E-state index contributed by atoms with van der Waals surface area (Å²) in [5.41, 5.74) is 7.88. The van der Waals surface area contributed by atoms with Gasteiger partial charge in [0.05, 0.1) is 23.8 Å². The third-order valence-corrected chi connectivity index (χ3v) is 4.97. The van der Waals surface area contributed by atoms with Crippen molar-refractivity contribution in [3.8, 4) is 17.0 Å². The van der Waals surface area contributed by atoms with Crippen molar-refractivity contribution >= 4 is 17.4 Å². The zero-order chi connectivity index (χ0) is 21.5. The molecule has 9 heteroatoms. The third-order valence-electron chi connectivity index (χ3n) is 4.97. The average molecular weight is 419 g/mol. The molecule has 1 aromatic carbocycles. The second kappa shape index (κ2) is 9.96. The first-order valence-corrected chi connectivity index (χ1v) is 10.2. The number of pyridine rings is 1. The lowest BCUT2D eigenvalue weighted by Crippen LogP contribution is -2.44. The Morgan fingerprint density at radius 1 is 1.16 bits per heavy atom. The minimum absolute atomic E-state index is 0.0673. The lowest BCUT2D eigenvalue weighted by molar-refractivity contribution is 0.102. The number of nitrogens with zero attached hydrogens (tertiary/aromatic N) is 4. The first-order chi connectivity index (χ1) is 15.2. The molecule has 0 bridgehead atoms. The predicted molar refractivity (Wildman–Crippen MR) is 119 cm³/mol. The highest BCUT2D eigenvalue weighted by atomic mass is 16.5. The topological polar surface area (TPSA) is 118 Å². The molecule has 0 radical (unpaired) electrons. The Bertz CT molecular complexity index is 1010. The van der Waals surface area contributed by atoms with Gasteiger partial charge in [0.25, 0.3) is 5.91 Å². The maximum atomic E-state index is 12.6. The van der Waals surface area contributed by atoms with Crippen LogP contribution in [-0.4, -0.2) is 65.1 Å². The highest BCUT2D eigenvalue weighted by Gasteiger charge is 2.15. The largest absolute Gasteiger partial charge is 0.492 e. The van der Waals surface area contributed by atoms with Crippen molar-refractivity contribution in [1.82, 2.24) is 25.2 Å². The summed E-state index contributed by atoms with van der Waals surface area (Å²) in [6.07, 6.45) is 4.73. The number of nitrogens with one attached hydrogen (secondary N) is 2. The van der Waals surface area contributed by atoms with Crippen LogP contribution in [0.5, 0.6) is 5.75 Å². The summed E-state index contributed by atoms with van der Waals surface area (Å²) in [4.78, 5) is 27.5. The van der Waals surface area contributed by atoms with E-state index in [0.717, 1.165) is 44.0 Å². The quantitative estimate of drug-likeness (QED) is 0.529. The van der Waals surface area contributed by atoms with Gasteiger partial charge in [0.15, 0.2) is 11.5 Å². The Morgan fingerprint density at radius 2 is 1.97 bits per heavy atom. The maximum Gasteiger partial charge on any atom is 0.278 e. The summed E-state index contributed by atoms with van der Waals surface area (Å²) in [6, 6.07) is 11.0. The summed E-state index contributed by atoms with van der Waals surface area (Å²) < 4.78 is 5.86. The molecule has 4 rings (SSSR count). The fraction of sp³-hybridized carbons (Fsp3) is 0.273. The van der Waals surface area contributed by atoms with E-state index in [0.29, 0.717) is 18.0 Å². The van der Waals surface area contributed by atoms with Gasteiger partial charge in [-0.05, 0) is 36.4 Å². The summed E-state index contributed by atoms with van der Waals surface area (Å²) in [6.45, 7) is 5.70. The minimum atomic E-state index is -0.437. The number of rotatable bonds is 7. The van der Waals surface area contributed by atoms with Crippen molar-refractivity contribution in [2.75, 3.05) is 50.4 Å². The Labute approximate surface area is 180 Å². The number of carbonyl (C=O) groups excluding carboxylic acids is 1. The molecule has 3 aromatic rings. The normalized spacial score (nSPS) is 14.2. The van der Waals surface area contributed by atoms with E-state index in [1.165, 1.54) is 0 Å². The molecule has 1 saturated heterocycles. The smallest absolute Gasteiger partial charge is 0.278 e. The van der Waals surface area contributed by atoms with Gasteiger partial charge in [-0.1, -0.05) is 0 Å². The average Bonchev–Trinajstić information content (AvgIpc) is 2.81. The first kappa shape index (κ1) is 20.7. The van der Waals surface area contributed by atoms with Gasteiger partial charge in [-0.2, -0.15) is 0 Å². The molecule has 1 aliphatic rings. The van der Waals surface area contributed by atoms with E-state index < -0.39 is 5.91 Å². The Balaban J connectivity index is 1.39. The van der Waals surface area contributed by atoms with Crippen molar-refractivity contribution in [2.24, 2.45) is 0 Å². The van der Waals surface area contributed by atoms with E-state index in [1.54, 1.807) is 30.7 Å². The number of nitrogen functional groups attached to an aromatic ring is 1. The molecule has 4 N–H and O–H groups in total. The standard InChI is InChI=1S/C22H25N7O2/c23-21-20(22(30)27-17-2-1-7-25-14-17)28-19(15-26-21)16-3-5-18(6-4-16)31-13-12-29-10-8-24-9-11-29/h1-7,14-15,24H,8-13H2,(H2,23,26)(H,27,30). The predicted octanol–water partition coefficient (Wildman–Crippen LogP) is 1.66. The van der Waals surface area contributed by atoms with Gasteiger partial charge in [-0.25, -0.2) is 9.97 Å². The van der Waals surface area contributed by atoms with Crippen LogP contribution < -0.4 is 21.1 Å². The summed E-state index contributed by atoms with van der Waals surface area (Å²) in [5.74, 6) is 0.419. The molecule has 0 saturated carbocycles.